The van der Waals surface area contributed by atoms with Gasteiger partial charge in [0.25, 0.3) is 0 Å². The Morgan fingerprint density at radius 3 is 2.52 bits per heavy atom. The van der Waals surface area contributed by atoms with Crippen molar-refractivity contribution in [2.24, 2.45) is 9.98 Å². The number of hydrogen-bond acceptors (Lipinski definition) is 9. The first kappa shape index (κ1) is 29.2. The number of hydrogen-bond donors (Lipinski definition) is 2. The highest BCUT2D eigenvalue weighted by Crippen LogP contribution is 2.34. The van der Waals surface area contributed by atoms with Crippen molar-refractivity contribution in [3.63, 3.8) is 0 Å². The summed E-state index contributed by atoms with van der Waals surface area (Å²) >= 11 is 1.47. The number of piperidine rings is 2. The molecule has 11 heteroatoms. The number of benzene rings is 2. The molecule has 0 radical (unpaired) electrons. The first-order valence-electron chi connectivity index (χ1n) is 14.7. The van der Waals surface area contributed by atoms with Crippen molar-refractivity contribution in [2.75, 3.05) is 48.8 Å². The van der Waals surface area contributed by atoms with Crippen LogP contribution < -0.4 is 20.3 Å². The zero-order valence-corrected chi connectivity index (χ0v) is 26.8. The third-order valence-corrected chi connectivity index (χ3v) is 10.8. The molecule has 0 saturated carbocycles. The van der Waals surface area contributed by atoms with Gasteiger partial charge >= 0.3 is 0 Å². The molecule has 2 aromatic carbocycles. The number of aliphatic imine (C=N–C) groups is 2. The van der Waals surface area contributed by atoms with Crippen LogP contribution in [0.25, 0.3) is 0 Å². The zero-order chi connectivity index (χ0) is 29.1. The molecule has 1 aliphatic carbocycles. The second kappa shape index (κ2) is 12.8. The summed E-state index contributed by atoms with van der Waals surface area (Å²) in [5.74, 6) is 1.74. The summed E-state index contributed by atoms with van der Waals surface area (Å²) in [5.41, 5.74) is 3.33. The van der Waals surface area contributed by atoms with E-state index in [4.69, 9.17) is 14.7 Å². The number of nitrogens with zero attached hydrogens (tertiary/aromatic N) is 4. The predicted octanol–water partition coefficient (Wildman–Crippen LogP) is 5.82. The standard InChI is InChI=1S/C31H37IN6O3S/c1-41-28-21-23(38-19-15-22(16-20-38)37-17-7-2-8-18-37)13-14-26(28)35-31-34-25-10-4-3-9-24(25)30(36-31)33-27-11-5-6-12-29(27)42(32,39)40/h3-6,9,11-14,21-22,25H,2,7-8,10,15-20H2,1H3,(H2,33,34,35,36). The second-order valence-electron chi connectivity index (χ2n) is 11.1. The fraction of sp³-hybridized carbons (Fsp3) is 0.419. The number of guanidine groups is 1. The summed E-state index contributed by atoms with van der Waals surface area (Å²) in [6.07, 6.45) is 13.2. The summed E-state index contributed by atoms with van der Waals surface area (Å²) in [4.78, 5) is 15.0. The van der Waals surface area contributed by atoms with E-state index in [1.807, 2.05) is 18.2 Å². The van der Waals surface area contributed by atoms with Crippen molar-refractivity contribution in [2.45, 2.75) is 55.5 Å². The zero-order valence-electron chi connectivity index (χ0n) is 23.8. The molecule has 2 aromatic rings. The Kier molecular flexibility index (Phi) is 8.87. The highest BCUT2D eigenvalue weighted by Gasteiger charge is 2.28. The fourth-order valence-electron chi connectivity index (χ4n) is 6.27. The molecule has 2 N–H and O–H groups in total. The van der Waals surface area contributed by atoms with E-state index in [2.05, 4.69) is 38.6 Å². The van der Waals surface area contributed by atoms with Crippen molar-refractivity contribution in [3.8, 4) is 5.75 Å². The van der Waals surface area contributed by atoms with Gasteiger partial charge in [0.05, 0.1) is 45.7 Å². The van der Waals surface area contributed by atoms with E-state index in [0.29, 0.717) is 23.5 Å². The van der Waals surface area contributed by atoms with Gasteiger partial charge in [-0.3, -0.25) is 0 Å². The number of nitrogens with one attached hydrogen (secondary N) is 2. The summed E-state index contributed by atoms with van der Waals surface area (Å²) in [6, 6.07) is 13.7. The lowest BCUT2D eigenvalue weighted by Gasteiger charge is -2.41. The van der Waals surface area contributed by atoms with Crippen molar-refractivity contribution < 1.29 is 13.2 Å². The molecule has 222 valence electrons. The molecular weight excluding hydrogens is 663 g/mol. The van der Waals surface area contributed by atoms with E-state index in [9.17, 15) is 8.42 Å². The average molecular weight is 701 g/mol. The van der Waals surface area contributed by atoms with E-state index in [0.717, 1.165) is 42.2 Å². The van der Waals surface area contributed by atoms with Crippen LogP contribution in [-0.4, -0.2) is 70.5 Å². The summed E-state index contributed by atoms with van der Waals surface area (Å²) in [5, 5.41) is 6.66. The maximum absolute atomic E-state index is 12.4. The summed E-state index contributed by atoms with van der Waals surface area (Å²) in [7, 11) is -1.78. The topological polar surface area (TPSA) is 98.6 Å². The van der Waals surface area contributed by atoms with Gasteiger partial charge in [0.2, 0.25) is 13.0 Å². The van der Waals surface area contributed by atoms with Crippen molar-refractivity contribution in [1.82, 2.24) is 4.90 Å². The number of fused-ring (bicyclic) bond motifs is 1. The van der Waals surface area contributed by atoms with Crippen molar-refractivity contribution in [3.05, 3.63) is 66.3 Å². The third kappa shape index (κ3) is 6.52. The Morgan fingerprint density at radius 1 is 0.976 bits per heavy atom. The number of halogens is 1. The van der Waals surface area contributed by atoms with Gasteiger partial charge in [0, 0.05) is 36.5 Å². The molecule has 3 heterocycles. The molecule has 4 aliphatic rings. The Labute approximate surface area is 260 Å². The average Bonchev–Trinajstić information content (AvgIpc) is 3.01. The number of likely N-dealkylation sites (tertiary alicyclic amines) is 1. The first-order valence-corrected chi connectivity index (χ1v) is 18.7. The molecule has 0 amide bonds. The Bertz CT molecular complexity index is 1540. The minimum absolute atomic E-state index is 0.132. The lowest BCUT2D eigenvalue weighted by atomic mass is 9.97. The smallest absolute Gasteiger partial charge is 0.233 e. The number of ether oxygens (including phenoxy) is 1. The second-order valence-corrected chi connectivity index (χ2v) is 15.9. The Balaban J connectivity index is 1.20. The summed E-state index contributed by atoms with van der Waals surface area (Å²) in [6.45, 7) is 4.59. The molecule has 0 spiro atoms. The minimum atomic E-state index is -3.46. The lowest BCUT2D eigenvalue weighted by Crippen LogP contribution is -2.46. The van der Waals surface area contributed by atoms with Crippen LogP contribution in [0.5, 0.6) is 5.75 Å². The van der Waals surface area contributed by atoms with E-state index in [1.54, 1.807) is 31.4 Å². The van der Waals surface area contributed by atoms with E-state index in [-0.39, 0.29) is 10.9 Å². The first-order chi connectivity index (χ1) is 20.4. The van der Waals surface area contributed by atoms with E-state index in [1.165, 1.54) is 66.4 Å². The molecule has 0 bridgehead atoms. The molecule has 2 saturated heterocycles. The summed E-state index contributed by atoms with van der Waals surface area (Å²) < 4.78 is 30.6. The van der Waals surface area contributed by atoms with E-state index < -0.39 is 7.01 Å². The quantitative estimate of drug-likeness (QED) is 0.290. The number of allylic oxidation sites excluding steroid dienone is 2. The highest BCUT2D eigenvalue weighted by atomic mass is 127. The van der Waals surface area contributed by atoms with Gasteiger partial charge in [-0.15, -0.1) is 0 Å². The van der Waals surface area contributed by atoms with Crippen LogP contribution in [-0.2, 0) is 7.01 Å². The number of rotatable bonds is 6. The van der Waals surface area contributed by atoms with Crippen molar-refractivity contribution in [1.29, 1.82) is 0 Å². The maximum Gasteiger partial charge on any atom is 0.233 e. The Hall–Kier alpha value is -2.90. The van der Waals surface area contributed by atoms with Crippen LogP contribution in [0.1, 0.15) is 38.5 Å². The maximum atomic E-state index is 12.4. The van der Waals surface area contributed by atoms with Gasteiger partial charge in [-0.2, -0.15) is 4.99 Å². The Morgan fingerprint density at radius 2 is 1.76 bits per heavy atom. The third-order valence-electron chi connectivity index (χ3n) is 8.47. The van der Waals surface area contributed by atoms with Gasteiger partial charge in [-0.25, -0.2) is 13.4 Å². The van der Waals surface area contributed by atoms with Gasteiger partial charge in [0.1, 0.15) is 16.5 Å². The predicted molar refractivity (Wildman–Crippen MR) is 179 cm³/mol. The number of para-hydroxylation sites is 1. The molecular formula is C31H37IN6O3S. The van der Waals surface area contributed by atoms with Crippen molar-refractivity contribution >= 4 is 57.1 Å². The molecule has 42 heavy (non-hydrogen) atoms. The lowest BCUT2D eigenvalue weighted by molar-refractivity contribution is 0.141. The molecule has 1 unspecified atom stereocenters. The van der Waals surface area contributed by atoms with Crippen LogP contribution in [0.4, 0.5) is 17.1 Å². The molecule has 0 aromatic heterocycles. The van der Waals surface area contributed by atoms with Gasteiger partial charge in [-0.05, 0) is 69.5 Å². The molecule has 9 nitrogen and oxygen atoms in total. The number of methoxy groups -OCH3 is 1. The molecule has 2 fully saturated rings. The number of amidine groups is 1. The molecule has 3 aliphatic heterocycles. The SMILES string of the molecule is COc1cc(N2CCC(N3CCCCC3)CC2)ccc1NC1=NC2CC=CC=C2C(Nc2ccccc2S(=O)(=O)I)=N1. The van der Waals surface area contributed by atoms with Gasteiger partial charge < -0.3 is 25.2 Å². The van der Waals surface area contributed by atoms with E-state index >= 15 is 0 Å². The van der Waals surface area contributed by atoms with Crippen LogP contribution in [0.15, 0.2) is 81.1 Å². The fourth-order valence-corrected chi connectivity index (χ4v) is 8.04. The van der Waals surface area contributed by atoms with Crippen LogP contribution in [0.3, 0.4) is 0 Å². The largest absolute Gasteiger partial charge is 0.494 e. The minimum Gasteiger partial charge on any atom is -0.494 e. The van der Waals surface area contributed by atoms with Gasteiger partial charge in [-0.1, -0.05) is 36.8 Å². The van der Waals surface area contributed by atoms with Gasteiger partial charge in [0.15, 0.2) is 0 Å². The monoisotopic (exact) mass is 700 g/mol. The number of anilines is 3. The highest BCUT2D eigenvalue weighted by molar-refractivity contribution is 14.2. The van der Waals surface area contributed by atoms with Crippen LogP contribution in [0, 0.1) is 0 Å². The normalized spacial score (nSPS) is 21.6. The molecule has 1 atom stereocenters. The van der Waals surface area contributed by atoms with Crippen LogP contribution in [0.2, 0.25) is 0 Å². The van der Waals surface area contributed by atoms with Crippen LogP contribution >= 0.6 is 21.2 Å². The molecule has 6 rings (SSSR count).